The van der Waals surface area contributed by atoms with E-state index in [1.54, 1.807) is 37.5 Å². The van der Waals surface area contributed by atoms with Crippen LogP contribution in [-0.2, 0) is 17.1 Å². The van der Waals surface area contributed by atoms with E-state index in [0.29, 0.717) is 12.1 Å². The molecule has 1 aromatic heterocycles. The summed E-state index contributed by atoms with van der Waals surface area (Å²) in [5.74, 6) is -0.233. The SMILES string of the molecule is C[C@H](CCNS(=O)(=O)c1ccccc1)NC(=O)c1ccnn1C. The molecule has 0 saturated carbocycles. The van der Waals surface area contributed by atoms with E-state index in [2.05, 4.69) is 15.1 Å². The third-order valence-corrected chi connectivity index (χ3v) is 4.83. The summed E-state index contributed by atoms with van der Waals surface area (Å²) in [6.45, 7) is 2.06. The van der Waals surface area contributed by atoms with Gasteiger partial charge in [-0.05, 0) is 31.5 Å². The number of aromatic nitrogens is 2. The van der Waals surface area contributed by atoms with Crippen LogP contribution in [0.25, 0.3) is 0 Å². The lowest BCUT2D eigenvalue weighted by Gasteiger charge is -2.14. The number of rotatable bonds is 7. The van der Waals surface area contributed by atoms with E-state index >= 15 is 0 Å². The summed E-state index contributed by atoms with van der Waals surface area (Å²) in [5, 5.41) is 6.75. The van der Waals surface area contributed by atoms with Gasteiger partial charge in [0, 0.05) is 25.8 Å². The third kappa shape index (κ3) is 4.64. The minimum absolute atomic E-state index is 0.170. The number of nitrogens with zero attached hydrogens (tertiary/aromatic N) is 2. The fourth-order valence-electron chi connectivity index (χ4n) is 2.06. The Balaban J connectivity index is 1.82. The van der Waals surface area contributed by atoms with Crippen LogP contribution in [0, 0.1) is 0 Å². The third-order valence-electron chi connectivity index (χ3n) is 3.35. The summed E-state index contributed by atoms with van der Waals surface area (Å²) in [6.07, 6.45) is 2.03. The lowest BCUT2D eigenvalue weighted by Crippen LogP contribution is -2.36. The summed E-state index contributed by atoms with van der Waals surface area (Å²) in [5.41, 5.74) is 0.460. The lowest BCUT2D eigenvalue weighted by atomic mass is 10.2. The smallest absolute Gasteiger partial charge is 0.269 e. The maximum absolute atomic E-state index is 12.1. The Labute approximate surface area is 135 Å². The maximum atomic E-state index is 12.1. The second-order valence-corrected chi connectivity index (χ2v) is 6.98. The molecule has 2 aromatic rings. The average molecular weight is 336 g/mol. The first-order valence-electron chi connectivity index (χ1n) is 7.24. The molecule has 0 aliphatic carbocycles. The minimum atomic E-state index is -3.51. The molecule has 0 spiro atoms. The molecule has 0 bridgehead atoms. The van der Waals surface area contributed by atoms with E-state index in [0.717, 1.165) is 0 Å². The predicted molar refractivity (Wildman–Crippen MR) is 86.4 cm³/mol. The number of nitrogens with one attached hydrogen (secondary N) is 2. The molecule has 8 heteroatoms. The van der Waals surface area contributed by atoms with Crippen LogP contribution < -0.4 is 10.0 Å². The van der Waals surface area contributed by atoms with E-state index in [9.17, 15) is 13.2 Å². The summed E-state index contributed by atoms with van der Waals surface area (Å²) in [7, 11) is -1.82. The Morgan fingerprint density at radius 3 is 2.57 bits per heavy atom. The second kappa shape index (κ2) is 7.38. The van der Waals surface area contributed by atoms with Crippen molar-refractivity contribution in [1.82, 2.24) is 19.8 Å². The Morgan fingerprint density at radius 2 is 1.96 bits per heavy atom. The lowest BCUT2D eigenvalue weighted by molar-refractivity contribution is 0.0929. The topological polar surface area (TPSA) is 93.1 Å². The second-order valence-electron chi connectivity index (χ2n) is 5.21. The van der Waals surface area contributed by atoms with E-state index in [1.165, 1.54) is 16.8 Å². The molecular formula is C15H20N4O3S. The average Bonchev–Trinajstić information content (AvgIpc) is 2.94. The normalized spacial score (nSPS) is 12.8. The zero-order chi connectivity index (χ0) is 16.9. The van der Waals surface area contributed by atoms with Crippen molar-refractivity contribution >= 4 is 15.9 Å². The molecule has 1 atom stereocenters. The van der Waals surface area contributed by atoms with Gasteiger partial charge < -0.3 is 5.32 Å². The van der Waals surface area contributed by atoms with Crippen molar-refractivity contribution in [1.29, 1.82) is 0 Å². The van der Waals surface area contributed by atoms with Crippen molar-refractivity contribution in [2.75, 3.05) is 6.54 Å². The highest BCUT2D eigenvalue weighted by Gasteiger charge is 2.15. The Bertz CT molecular complexity index is 756. The van der Waals surface area contributed by atoms with Crippen LogP contribution in [0.1, 0.15) is 23.8 Å². The number of sulfonamides is 1. The van der Waals surface area contributed by atoms with Gasteiger partial charge in [-0.1, -0.05) is 18.2 Å². The van der Waals surface area contributed by atoms with Crippen LogP contribution in [0.4, 0.5) is 0 Å². The van der Waals surface area contributed by atoms with E-state index in [1.807, 2.05) is 6.92 Å². The molecule has 0 aliphatic rings. The zero-order valence-electron chi connectivity index (χ0n) is 13.1. The van der Waals surface area contributed by atoms with Crippen LogP contribution in [0.5, 0.6) is 0 Å². The first kappa shape index (κ1) is 17.2. The fourth-order valence-corrected chi connectivity index (χ4v) is 3.13. The van der Waals surface area contributed by atoms with Crippen molar-refractivity contribution in [3.8, 4) is 0 Å². The molecule has 0 fully saturated rings. The fraction of sp³-hybridized carbons (Fsp3) is 0.333. The quantitative estimate of drug-likeness (QED) is 0.786. The van der Waals surface area contributed by atoms with E-state index < -0.39 is 10.0 Å². The first-order valence-corrected chi connectivity index (χ1v) is 8.72. The number of benzene rings is 1. The summed E-state index contributed by atoms with van der Waals surface area (Å²) < 4.78 is 28.1. The Morgan fingerprint density at radius 1 is 1.26 bits per heavy atom. The summed E-state index contributed by atoms with van der Waals surface area (Å²) in [6, 6.07) is 9.63. The molecule has 0 aliphatic heterocycles. The Hall–Kier alpha value is -2.19. The van der Waals surface area contributed by atoms with Crippen molar-refractivity contribution in [2.24, 2.45) is 7.05 Å². The largest absolute Gasteiger partial charge is 0.348 e. The molecule has 0 saturated heterocycles. The van der Waals surface area contributed by atoms with Crippen LogP contribution in [-0.4, -0.2) is 36.7 Å². The highest BCUT2D eigenvalue weighted by Crippen LogP contribution is 2.07. The van der Waals surface area contributed by atoms with Crippen LogP contribution in [0.2, 0.25) is 0 Å². The Kier molecular flexibility index (Phi) is 5.51. The number of amides is 1. The van der Waals surface area contributed by atoms with Crippen molar-refractivity contribution in [3.63, 3.8) is 0 Å². The molecule has 23 heavy (non-hydrogen) atoms. The number of carbonyl (C=O) groups excluding carboxylic acids is 1. The number of hydrogen-bond donors (Lipinski definition) is 2. The van der Waals surface area contributed by atoms with Gasteiger partial charge in [0.25, 0.3) is 5.91 Å². The van der Waals surface area contributed by atoms with Crippen LogP contribution in [0.15, 0.2) is 47.5 Å². The minimum Gasteiger partial charge on any atom is -0.348 e. The van der Waals surface area contributed by atoms with Gasteiger partial charge in [0.2, 0.25) is 10.0 Å². The molecule has 0 unspecified atom stereocenters. The molecule has 124 valence electrons. The number of hydrogen-bond acceptors (Lipinski definition) is 4. The van der Waals surface area contributed by atoms with E-state index in [4.69, 9.17) is 0 Å². The van der Waals surface area contributed by atoms with Gasteiger partial charge in [-0.25, -0.2) is 13.1 Å². The highest BCUT2D eigenvalue weighted by atomic mass is 32.2. The zero-order valence-corrected chi connectivity index (χ0v) is 13.9. The monoisotopic (exact) mass is 336 g/mol. The van der Waals surface area contributed by atoms with Gasteiger partial charge in [-0.3, -0.25) is 9.48 Å². The standard InChI is InChI=1S/C15H20N4O3S/c1-12(18-15(20)14-9-10-16-19(14)2)8-11-17-23(21,22)13-6-4-3-5-7-13/h3-7,9-10,12,17H,8,11H2,1-2H3,(H,18,20)/t12-/m1/s1. The van der Waals surface area contributed by atoms with E-state index in [-0.39, 0.29) is 23.4 Å². The highest BCUT2D eigenvalue weighted by molar-refractivity contribution is 7.89. The van der Waals surface area contributed by atoms with Gasteiger partial charge in [-0.15, -0.1) is 0 Å². The van der Waals surface area contributed by atoms with Gasteiger partial charge >= 0.3 is 0 Å². The first-order chi connectivity index (χ1) is 10.9. The molecule has 1 amide bonds. The number of carbonyl (C=O) groups is 1. The molecule has 7 nitrogen and oxygen atoms in total. The van der Waals surface area contributed by atoms with Gasteiger partial charge in [-0.2, -0.15) is 5.10 Å². The summed E-state index contributed by atoms with van der Waals surface area (Å²) >= 11 is 0. The van der Waals surface area contributed by atoms with Crippen molar-refractivity contribution in [2.45, 2.75) is 24.3 Å². The van der Waals surface area contributed by atoms with Gasteiger partial charge in [0.1, 0.15) is 5.69 Å². The van der Waals surface area contributed by atoms with Gasteiger partial charge in [0.15, 0.2) is 0 Å². The number of aryl methyl sites for hydroxylation is 1. The molecule has 1 aromatic carbocycles. The van der Waals surface area contributed by atoms with Crippen molar-refractivity contribution < 1.29 is 13.2 Å². The molecular weight excluding hydrogens is 316 g/mol. The predicted octanol–water partition coefficient (Wildman–Crippen LogP) is 0.907. The molecule has 0 radical (unpaired) electrons. The maximum Gasteiger partial charge on any atom is 0.269 e. The van der Waals surface area contributed by atoms with Crippen LogP contribution >= 0.6 is 0 Å². The summed E-state index contributed by atoms with van der Waals surface area (Å²) in [4.78, 5) is 12.2. The molecule has 1 heterocycles. The molecule has 2 N–H and O–H groups in total. The van der Waals surface area contributed by atoms with Gasteiger partial charge in [0.05, 0.1) is 4.90 Å². The molecule has 2 rings (SSSR count). The van der Waals surface area contributed by atoms with Crippen molar-refractivity contribution in [3.05, 3.63) is 48.3 Å². The van der Waals surface area contributed by atoms with Crippen LogP contribution in [0.3, 0.4) is 0 Å².